The molecule has 17 heavy (non-hydrogen) atoms. The SMILES string of the molecule is CCN(CCC(N)=NO)CC1CC2CCC1C2. The average molecular weight is 239 g/mol. The van der Waals surface area contributed by atoms with Gasteiger partial charge in [0.2, 0.25) is 0 Å². The number of hydrogen-bond acceptors (Lipinski definition) is 3. The van der Waals surface area contributed by atoms with Gasteiger partial charge in [-0.05, 0) is 43.6 Å². The number of hydrogen-bond donors (Lipinski definition) is 2. The van der Waals surface area contributed by atoms with E-state index in [0.29, 0.717) is 12.3 Å². The summed E-state index contributed by atoms with van der Waals surface area (Å²) < 4.78 is 0. The van der Waals surface area contributed by atoms with Crippen molar-refractivity contribution >= 4 is 5.84 Å². The smallest absolute Gasteiger partial charge is 0.140 e. The molecule has 2 bridgehead atoms. The zero-order valence-electron chi connectivity index (χ0n) is 10.8. The van der Waals surface area contributed by atoms with E-state index in [1.807, 2.05) is 0 Å². The Morgan fingerprint density at radius 1 is 1.41 bits per heavy atom. The van der Waals surface area contributed by atoms with Crippen molar-refractivity contribution < 1.29 is 5.21 Å². The van der Waals surface area contributed by atoms with Gasteiger partial charge in [-0.15, -0.1) is 0 Å². The highest BCUT2D eigenvalue weighted by molar-refractivity contribution is 5.79. The summed E-state index contributed by atoms with van der Waals surface area (Å²) >= 11 is 0. The Balaban J connectivity index is 1.75. The van der Waals surface area contributed by atoms with Gasteiger partial charge in [-0.3, -0.25) is 0 Å². The van der Waals surface area contributed by atoms with Crippen LogP contribution < -0.4 is 5.73 Å². The largest absolute Gasteiger partial charge is 0.409 e. The lowest BCUT2D eigenvalue weighted by Crippen LogP contribution is -2.34. The molecule has 2 aliphatic carbocycles. The lowest BCUT2D eigenvalue weighted by Gasteiger charge is -2.29. The lowest BCUT2D eigenvalue weighted by atomic mass is 9.88. The highest BCUT2D eigenvalue weighted by Gasteiger charge is 2.39. The highest BCUT2D eigenvalue weighted by atomic mass is 16.4. The second-order valence-corrected chi connectivity index (χ2v) is 5.67. The predicted molar refractivity (Wildman–Crippen MR) is 69.1 cm³/mol. The molecule has 0 heterocycles. The molecule has 98 valence electrons. The number of nitrogens with two attached hydrogens (primary N) is 1. The first-order valence-electron chi connectivity index (χ1n) is 6.91. The van der Waals surface area contributed by atoms with Crippen LogP contribution in [0.5, 0.6) is 0 Å². The van der Waals surface area contributed by atoms with E-state index in [1.165, 1.54) is 32.2 Å². The molecule has 0 saturated heterocycles. The molecule has 4 nitrogen and oxygen atoms in total. The van der Waals surface area contributed by atoms with Gasteiger partial charge in [0, 0.05) is 19.5 Å². The summed E-state index contributed by atoms with van der Waals surface area (Å²) in [6, 6.07) is 0. The van der Waals surface area contributed by atoms with Crippen LogP contribution in [0.4, 0.5) is 0 Å². The minimum atomic E-state index is 0.344. The molecular weight excluding hydrogens is 214 g/mol. The maximum absolute atomic E-state index is 8.53. The average Bonchev–Trinajstić information content (AvgIpc) is 2.95. The van der Waals surface area contributed by atoms with Gasteiger partial charge < -0.3 is 15.8 Å². The fraction of sp³-hybridized carbons (Fsp3) is 0.923. The van der Waals surface area contributed by atoms with Crippen molar-refractivity contribution in [2.24, 2.45) is 28.6 Å². The maximum atomic E-state index is 8.53. The van der Waals surface area contributed by atoms with Crippen LogP contribution in [0.15, 0.2) is 5.16 Å². The van der Waals surface area contributed by atoms with Crippen molar-refractivity contribution in [3.05, 3.63) is 0 Å². The molecule has 2 rings (SSSR count). The van der Waals surface area contributed by atoms with Crippen LogP contribution in [0.2, 0.25) is 0 Å². The number of rotatable bonds is 6. The standard InChI is InChI=1S/C13H25N3O/c1-2-16(6-5-13(14)15-17)9-12-8-10-3-4-11(12)7-10/h10-12,17H,2-9H2,1H3,(H2,14,15). The van der Waals surface area contributed by atoms with E-state index >= 15 is 0 Å². The molecule has 3 atom stereocenters. The van der Waals surface area contributed by atoms with E-state index < -0.39 is 0 Å². The van der Waals surface area contributed by atoms with Crippen LogP contribution in [0.25, 0.3) is 0 Å². The normalized spacial score (nSPS) is 32.6. The second kappa shape index (κ2) is 5.71. The zero-order valence-corrected chi connectivity index (χ0v) is 10.8. The molecule has 0 aromatic heterocycles. The van der Waals surface area contributed by atoms with E-state index in [0.717, 1.165) is 30.8 Å². The van der Waals surface area contributed by atoms with E-state index in [9.17, 15) is 0 Å². The van der Waals surface area contributed by atoms with E-state index in [2.05, 4.69) is 17.0 Å². The van der Waals surface area contributed by atoms with Gasteiger partial charge >= 0.3 is 0 Å². The molecule has 0 aliphatic heterocycles. The fourth-order valence-electron chi connectivity index (χ4n) is 3.63. The van der Waals surface area contributed by atoms with Gasteiger partial charge in [0.1, 0.15) is 5.84 Å². The second-order valence-electron chi connectivity index (χ2n) is 5.67. The molecule has 2 aliphatic rings. The topological polar surface area (TPSA) is 61.8 Å². The van der Waals surface area contributed by atoms with Crippen molar-refractivity contribution in [1.82, 2.24) is 4.90 Å². The first kappa shape index (κ1) is 12.7. The van der Waals surface area contributed by atoms with Crippen LogP contribution in [0, 0.1) is 17.8 Å². The van der Waals surface area contributed by atoms with Crippen molar-refractivity contribution in [3.8, 4) is 0 Å². The zero-order chi connectivity index (χ0) is 12.3. The van der Waals surface area contributed by atoms with Gasteiger partial charge in [-0.25, -0.2) is 0 Å². The number of nitrogens with zero attached hydrogens (tertiary/aromatic N) is 2. The quantitative estimate of drug-likeness (QED) is 0.322. The van der Waals surface area contributed by atoms with Gasteiger partial charge in [0.05, 0.1) is 0 Å². The monoisotopic (exact) mass is 239 g/mol. The summed E-state index contributed by atoms with van der Waals surface area (Å²) in [5, 5.41) is 11.6. The Hall–Kier alpha value is -0.770. The first-order chi connectivity index (χ1) is 8.22. The minimum Gasteiger partial charge on any atom is -0.409 e. The third-order valence-corrected chi connectivity index (χ3v) is 4.64. The molecule has 0 radical (unpaired) electrons. The molecule has 0 amide bonds. The summed E-state index contributed by atoms with van der Waals surface area (Å²) in [5.41, 5.74) is 5.52. The summed E-state index contributed by atoms with van der Waals surface area (Å²) in [4.78, 5) is 2.45. The number of oxime groups is 1. The van der Waals surface area contributed by atoms with E-state index in [1.54, 1.807) is 0 Å². The molecule has 0 aromatic carbocycles. The van der Waals surface area contributed by atoms with Gasteiger partial charge in [0.15, 0.2) is 0 Å². The van der Waals surface area contributed by atoms with Gasteiger partial charge in [-0.1, -0.05) is 18.5 Å². The summed E-state index contributed by atoms with van der Waals surface area (Å²) in [6.45, 7) is 5.38. The molecular formula is C13H25N3O. The number of amidine groups is 1. The molecule has 3 unspecified atom stereocenters. The summed E-state index contributed by atoms with van der Waals surface area (Å²) in [5.74, 6) is 3.25. The Morgan fingerprint density at radius 2 is 2.24 bits per heavy atom. The molecule has 4 heteroatoms. The summed E-state index contributed by atoms with van der Waals surface area (Å²) in [7, 11) is 0. The Morgan fingerprint density at radius 3 is 2.76 bits per heavy atom. The van der Waals surface area contributed by atoms with E-state index in [4.69, 9.17) is 10.9 Å². The maximum Gasteiger partial charge on any atom is 0.140 e. The highest BCUT2D eigenvalue weighted by Crippen LogP contribution is 2.48. The Bertz CT molecular complexity index is 280. The Labute approximate surface area is 104 Å². The van der Waals surface area contributed by atoms with Crippen LogP contribution >= 0.6 is 0 Å². The van der Waals surface area contributed by atoms with Crippen LogP contribution in [-0.4, -0.2) is 35.6 Å². The minimum absolute atomic E-state index is 0.344. The van der Waals surface area contributed by atoms with E-state index in [-0.39, 0.29) is 0 Å². The van der Waals surface area contributed by atoms with Crippen molar-refractivity contribution in [1.29, 1.82) is 0 Å². The first-order valence-corrected chi connectivity index (χ1v) is 6.91. The van der Waals surface area contributed by atoms with Crippen molar-refractivity contribution in [3.63, 3.8) is 0 Å². The van der Waals surface area contributed by atoms with Gasteiger partial charge in [0.25, 0.3) is 0 Å². The third-order valence-electron chi connectivity index (χ3n) is 4.64. The predicted octanol–water partition coefficient (Wildman–Crippen LogP) is 1.88. The van der Waals surface area contributed by atoms with Crippen LogP contribution in [-0.2, 0) is 0 Å². The molecule has 2 fully saturated rings. The molecule has 3 N–H and O–H groups in total. The van der Waals surface area contributed by atoms with Crippen molar-refractivity contribution in [2.75, 3.05) is 19.6 Å². The lowest BCUT2D eigenvalue weighted by molar-refractivity contribution is 0.200. The van der Waals surface area contributed by atoms with Gasteiger partial charge in [-0.2, -0.15) is 0 Å². The van der Waals surface area contributed by atoms with Crippen LogP contribution in [0.3, 0.4) is 0 Å². The van der Waals surface area contributed by atoms with Crippen LogP contribution in [0.1, 0.15) is 39.0 Å². The Kier molecular flexibility index (Phi) is 4.26. The molecule has 0 aromatic rings. The number of fused-ring (bicyclic) bond motifs is 2. The molecule has 2 saturated carbocycles. The molecule has 0 spiro atoms. The van der Waals surface area contributed by atoms with Crippen molar-refractivity contribution in [2.45, 2.75) is 39.0 Å². The summed E-state index contributed by atoms with van der Waals surface area (Å²) in [6.07, 6.45) is 6.50. The third kappa shape index (κ3) is 3.12. The fourth-order valence-corrected chi connectivity index (χ4v) is 3.63.